The molecule has 0 unspecified atom stereocenters. The summed E-state index contributed by atoms with van der Waals surface area (Å²) in [4.78, 5) is 0. The second-order valence-corrected chi connectivity index (χ2v) is 2.28. The van der Waals surface area contributed by atoms with Crippen molar-refractivity contribution in [1.29, 1.82) is 0 Å². The third kappa shape index (κ3) is 1.18. The van der Waals surface area contributed by atoms with Crippen LogP contribution in [0.5, 0.6) is 0 Å². The van der Waals surface area contributed by atoms with Gasteiger partial charge in [0, 0.05) is 0 Å². The van der Waals surface area contributed by atoms with Gasteiger partial charge in [-0.2, -0.15) is 0 Å². The predicted octanol–water partition coefficient (Wildman–Crippen LogP) is 0.346. The zero-order chi connectivity index (χ0) is 5.33. The molecule has 1 aliphatic rings. The maximum Gasteiger partial charge on any atom is 0.488 e. The Balaban J connectivity index is 2.40. The highest BCUT2D eigenvalue weighted by Gasteiger charge is 2.25. The number of hydrogen-bond acceptors (Lipinski definition) is 2. The molecule has 1 radical (unpaired) electrons. The van der Waals surface area contributed by atoms with Crippen LogP contribution in [0.1, 0.15) is 13.8 Å². The maximum absolute atomic E-state index is 4.99. The molecule has 0 aliphatic carbocycles. The lowest BCUT2D eigenvalue weighted by Gasteiger charge is -2.13. The first-order valence-corrected chi connectivity index (χ1v) is 2.32. The second-order valence-electron chi connectivity index (χ2n) is 2.28. The van der Waals surface area contributed by atoms with Crippen LogP contribution in [0.25, 0.3) is 0 Å². The molecule has 0 spiro atoms. The van der Waals surface area contributed by atoms with E-state index in [1.807, 2.05) is 13.8 Å². The van der Waals surface area contributed by atoms with Crippen LogP contribution in [0.3, 0.4) is 0 Å². The Labute approximate surface area is 44.1 Å². The molecule has 1 heterocycles. The van der Waals surface area contributed by atoms with E-state index in [9.17, 15) is 0 Å². The van der Waals surface area contributed by atoms with Gasteiger partial charge in [-0.05, 0) is 13.8 Å². The summed E-state index contributed by atoms with van der Waals surface area (Å²) in [6.45, 7) is 4.64. The zero-order valence-corrected chi connectivity index (χ0v) is 4.60. The van der Waals surface area contributed by atoms with Gasteiger partial charge in [0.1, 0.15) is 0 Å². The van der Waals surface area contributed by atoms with Crippen LogP contribution < -0.4 is 0 Å². The van der Waals surface area contributed by atoms with Crippen LogP contribution in [0.15, 0.2) is 0 Å². The Hall–Kier alpha value is -0.0151. The largest absolute Gasteiger partial charge is 0.488 e. The average molecular weight is 98.9 g/mol. The Kier molecular flexibility index (Phi) is 1.09. The minimum atomic E-state index is -0.0833. The van der Waals surface area contributed by atoms with Gasteiger partial charge >= 0.3 is 7.69 Å². The molecule has 2 nitrogen and oxygen atoms in total. The molecule has 1 saturated heterocycles. The Morgan fingerprint density at radius 3 is 2.43 bits per heavy atom. The molecule has 1 fully saturated rings. The van der Waals surface area contributed by atoms with Gasteiger partial charge in [0.2, 0.25) is 0 Å². The Morgan fingerprint density at radius 2 is 2.29 bits per heavy atom. The van der Waals surface area contributed by atoms with Gasteiger partial charge in [0.15, 0.2) is 0 Å². The molecule has 0 N–H and O–H groups in total. The predicted molar refractivity (Wildman–Crippen MR) is 26.9 cm³/mol. The molecule has 7 heavy (non-hydrogen) atoms. The van der Waals surface area contributed by atoms with Crippen molar-refractivity contribution >= 4 is 7.69 Å². The summed E-state index contributed by atoms with van der Waals surface area (Å²) in [7, 11) is 1.39. The van der Waals surface area contributed by atoms with Crippen LogP contribution >= 0.6 is 0 Å². The lowest BCUT2D eigenvalue weighted by Crippen LogP contribution is -2.21. The van der Waals surface area contributed by atoms with Crippen LogP contribution in [0.2, 0.25) is 0 Å². The maximum atomic E-state index is 4.99. The number of hydrogen-bond donors (Lipinski definition) is 0. The summed E-state index contributed by atoms with van der Waals surface area (Å²) in [5.41, 5.74) is -0.0833. The summed E-state index contributed by atoms with van der Waals surface area (Å²) in [6.07, 6.45) is 0. The summed E-state index contributed by atoms with van der Waals surface area (Å²) in [6, 6.07) is 0. The van der Waals surface area contributed by atoms with Crippen molar-refractivity contribution in [3.8, 4) is 0 Å². The van der Waals surface area contributed by atoms with Crippen LogP contribution in [-0.2, 0) is 9.31 Å². The van der Waals surface area contributed by atoms with Gasteiger partial charge in [0.25, 0.3) is 0 Å². The first-order chi connectivity index (χ1) is 3.21. The standard InChI is InChI=1S/C4H8BO2/c1-4(2)3-6-5-7-4/h3H2,1-2H3. The molecule has 0 aromatic heterocycles. The summed E-state index contributed by atoms with van der Waals surface area (Å²) < 4.78 is 9.81. The highest BCUT2D eigenvalue weighted by molar-refractivity contribution is 6.19. The van der Waals surface area contributed by atoms with E-state index in [0.717, 1.165) is 0 Å². The van der Waals surface area contributed by atoms with Crippen molar-refractivity contribution in [2.45, 2.75) is 19.4 Å². The van der Waals surface area contributed by atoms with E-state index in [1.165, 1.54) is 7.69 Å². The van der Waals surface area contributed by atoms with Gasteiger partial charge in [0.05, 0.1) is 12.2 Å². The summed E-state index contributed by atoms with van der Waals surface area (Å²) in [5, 5.41) is 0. The fraction of sp³-hybridized carbons (Fsp3) is 1.00. The Morgan fingerprint density at radius 1 is 1.57 bits per heavy atom. The molecule has 0 bridgehead atoms. The molecule has 39 valence electrons. The summed E-state index contributed by atoms with van der Waals surface area (Å²) >= 11 is 0. The van der Waals surface area contributed by atoms with Gasteiger partial charge < -0.3 is 9.31 Å². The first kappa shape index (κ1) is 5.13. The Bertz CT molecular complexity index is 64.1. The molecular weight excluding hydrogens is 90.9 g/mol. The molecule has 0 aromatic rings. The highest BCUT2D eigenvalue weighted by atomic mass is 16.6. The molecule has 1 aliphatic heterocycles. The normalized spacial score (nSPS) is 27.1. The quantitative estimate of drug-likeness (QED) is 0.408. The zero-order valence-electron chi connectivity index (χ0n) is 4.60. The molecule has 0 aromatic carbocycles. The minimum absolute atomic E-state index is 0.0833. The molecule has 1 rings (SSSR count). The molecule has 0 atom stereocenters. The van der Waals surface area contributed by atoms with E-state index in [2.05, 4.69) is 0 Å². The van der Waals surface area contributed by atoms with E-state index in [0.29, 0.717) is 6.61 Å². The number of rotatable bonds is 0. The molecule has 3 heteroatoms. The van der Waals surface area contributed by atoms with Gasteiger partial charge in [-0.25, -0.2) is 0 Å². The molecule has 0 amide bonds. The topological polar surface area (TPSA) is 18.5 Å². The van der Waals surface area contributed by atoms with Gasteiger partial charge in [-0.3, -0.25) is 0 Å². The fourth-order valence-electron chi connectivity index (χ4n) is 0.433. The highest BCUT2D eigenvalue weighted by Crippen LogP contribution is 2.13. The fourth-order valence-corrected chi connectivity index (χ4v) is 0.433. The van der Waals surface area contributed by atoms with Crippen LogP contribution in [0, 0.1) is 0 Å². The van der Waals surface area contributed by atoms with E-state index >= 15 is 0 Å². The third-order valence-corrected chi connectivity index (χ3v) is 0.866. The van der Waals surface area contributed by atoms with Gasteiger partial charge in [-0.15, -0.1) is 0 Å². The van der Waals surface area contributed by atoms with Crippen molar-refractivity contribution in [2.75, 3.05) is 6.61 Å². The lowest BCUT2D eigenvalue weighted by atomic mass is 10.2. The van der Waals surface area contributed by atoms with Crippen LogP contribution in [-0.4, -0.2) is 19.9 Å². The van der Waals surface area contributed by atoms with Crippen molar-refractivity contribution in [3.05, 3.63) is 0 Å². The van der Waals surface area contributed by atoms with Crippen LogP contribution in [0.4, 0.5) is 0 Å². The average Bonchev–Trinajstić information content (AvgIpc) is 1.84. The van der Waals surface area contributed by atoms with Crippen molar-refractivity contribution in [2.24, 2.45) is 0 Å². The molecule has 0 saturated carbocycles. The smallest absolute Gasteiger partial charge is 0.410 e. The van der Waals surface area contributed by atoms with E-state index in [4.69, 9.17) is 9.31 Å². The van der Waals surface area contributed by atoms with Crippen molar-refractivity contribution in [3.63, 3.8) is 0 Å². The van der Waals surface area contributed by atoms with Crippen molar-refractivity contribution < 1.29 is 9.31 Å². The monoisotopic (exact) mass is 99.1 g/mol. The van der Waals surface area contributed by atoms with E-state index in [1.54, 1.807) is 0 Å². The minimum Gasteiger partial charge on any atom is -0.410 e. The SMILES string of the molecule is CC1(C)CO[B]O1. The second kappa shape index (κ2) is 1.49. The lowest BCUT2D eigenvalue weighted by molar-refractivity contribution is 0.139. The summed E-state index contributed by atoms with van der Waals surface area (Å²) in [5.74, 6) is 0. The first-order valence-electron chi connectivity index (χ1n) is 2.32. The van der Waals surface area contributed by atoms with E-state index < -0.39 is 0 Å². The third-order valence-electron chi connectivity index (χ3n) is 0.866. The van der Waals surface area contributed by atoms with E-state index in [-0.39, 0.29) is 5.60 Å². The van der Waals surface area contributed by atoms with Crippen molar-refractivity contribution in [1.82, 2.24) is 0 Å². The van der Waals surface area contributed by atoms with Gasteiger partial charge in [-0.1, -0.05) is 0 Å². The molecular formula is C4H8BO2.